The Kier molecular flexibility index (Phi) is 3.21. The summed E-state index contributed by atoms with van der Waals surface area (Å²) in [6.07, 6.45) is -0.496. The van der Waals surface area contributed by atoms with Crippen LogP contribution in [0.2, 0.25) is 0 Å². The first-order valence-corrected chi connectivity index (χ1v) is 5.43. The molecular formula is C12H15F2NO. The summed E-state index contributed by atoms with van der Waals surface area (Å²) >= 11 is 0. The molecule has 0 spiro atoms. The van der Waals surface area contributed by atoms with Crippen LogP contribution in [0.4, 0.5) is 8.78 Å². The molecule has 1 aromatic carbocycles. The number of halogens is 2. The van der Waals surface area contributed by atoms with Crippen LogP contribution < -0.4 is 5.32 Å². The second-order valence-electron chi connectivity index (χ2n) is 4.34. The van der Waals surface area contributed by atoms with E-state index in [0.29, 0.717) is 18.7 Å². The van der Waals surface area contributed by atoms with E-state index in [9.17, 15) is 13.9 Å². The van der Waals surface area contributed by atoms with Crippen LogP contribution >= 0.6 is 0 Å². The van der Waals surface area contributed by atoms with Crippen LogP contribution in [-0.2, 0) is 0 Å². The number of aliphatic hydroxyl groups is 1. The van der Waals surface area contributed by atoms with Gasteiger partial charge in [0.1, 0.15) is 11.6 Å². The molecule has 1 saturated heterocycles. The van der Waals surface area contributed by atoms with Gasteiger partial charge in [-0.25, -0.2) is 8.78 Å². The Morgan fingerprint density at radius 1 is 1.38 bits per heavy atom. The van der Waals surface area contributed by atoms with Crippen LogP contribution in [0.1, 0.15) is 18.4 Å². The Bertz CT molecular complexity index is 381. The Balaban J connectivity index is 2.29. The second kappa shape index (κ2) is 4.47. The number of hydrogen-bond donors (Lipinski definition) is 2. The fraction of sp³-hybridized carbons (Fsp3) is 0.500. The summed E-state index contributed by atoms with van der Waals surface area (Å²) in [7, 11) is 0. The van der Waals surface area contributed by atoms with Crippen molar-refractivity contribution in [3.63, 3.8) is 0 Å². The van der Waals surface area contributed by atoms with Crippen molar-refractivity contribution in [1.29, 1.82) is 0 Å². The minimum Gasteiger partial charge on any atom is -0.393 e. The monoisotopic (exact) mass is 227 g/mol. The molecule has 1 aliphatic rings. The second-order valence-corrected chi connectivity index (χ2v) is 4.34. The standard InChI is InChI=1S/C12H15F2NO/c1-7(16)10-5-15-6-11(10)9-3-2-8(13)4-12(9)14/h2-4,7,10-11,15-16H,5-6H2,1H3/t7-,10+,11-/m1/s1. The molecule has 4 heteroatoms. The lowest BCUT2D eigenvalue weighted by molar-refractivity contribution is 0.126. The molecule has 0 saturated carbocycles. The highest BCUT2D eigenvalue weighted by atomic mass is 19.1. The number of hydrogen-bond acceptors (Lipinski definition) is 2. The molecule has 1 aromatic rings. The fourth-order valence-electron chi connectivity index (χ4n) is 2.35. The molecule has 88 valence electrons. The highest BCUT2D eigenvalue weighted by molar-refractivity contribution is 5.25. The molecule has 0 amide bonds. The van der Waals surface area contributed by atoms with Gasteiger partial charge in [-0.1, -0.05) is 6.07 Å². The van der Waals surface area contributed by atoms with Gasteiger partial charge >= 0.3 is 0 Å². The maximum atomic E-state index is 13.6. The summed E-state index contributed by atoms with van der Waals surface area (Å²) in [5.74, 6) is -1.19. The van der Waals surface area contributed by atoms with Crippen LogP contribution in [0.25, 0.3) is 0 Å². The Hall–Kier alpha value is -1.00. The number of benzene rings is 1. The van der Waals surface area contributed by atoms with Crippen LogP contribution in [0.15, 0.2) is 18.2 Å². The van der Waals surface area contributed by atoms with Gasteiger partial charge in [-0.2, -0.15) is 0 Å². The molecule has 3 atom stereocenters. The molecule has 1 fully saturated rings. The van der Waals surface area contributed by atoms with E-state index in [2.05, 4.69) is 5.32 Å². The molecule has 0 aliphatic carbocycles. The molecular weight excluding hydrogens is 212 g/mol. The summed E-state index contributed by atoms with van der Waals surface area (Å²) < 4.78 is 26.4. The smallest absolute Gasteiger partial charge is 0.129 e. The summed E-state index contributed by atoms with van der Waals surface area (Å²) in [5.41, 5.74) is 0.484. The number of nitrogens with one attached hydrogen (secondary N) is 1. The highest BCUT2D eigenvalue weighted by Crippen LogP contribution is 2.32. The molecule has 0 aromatic heterocycles. The molecule has 0 bridgehead atoms. The zero-order chi connectivity index (χ0) is 11.7. The van der Waals surface area contributed by atoms with E-state index in [4.69, 9.17) is 0 Å². The van der Waals surface area contributed by atoms with Crippen molar-refractivity contribution >= 4 is 0 Å². The SMILES string of the molecule is C[C@@H](O)[C@@H]1CNC[C@@H]1c1ccc(F)cc1F. The van der Waals surface area contributed by atoms with Gasteiger partial charge in [-0.05, 0) is 18.6 Å². The largest absolute Gasteiger partial charge is 0.393 e. The van der Waals surface area contributed by atoms with Crippen LogP contribution in [0.3, 0.4) is 0 Å². The summed E-state index contributed by atoms with van der Waals surface area (Å²) in [6, 6.07) is 3.63. The van der Waals surface area contributed by atoms with Crippen LogP contribution in [-0.4, -0.2) is 24.3 Å². The van der Waals surface area contributed by atoms with Crippen molar-refractivity contribution in [2.45, 2.75) is 18.9 Å². The van der Waals surface area contributed by atoms with E-state index >= 15 is 0 Å². The topological polar surface area (TPSA) is 32.3 Å². The van der Waals surface area contributed by atoms with Gasteiger partial charge in [0.15, 0.2) is 0 Å². The van der Waals surface area contributed by atoms with Gasteiger partial charge in [0.05, 0.1) is 6.10 Å². The van der Waals surface area contributed by atoms with E-state index in [0.717, 1.165) is 6.07 Å². The number of aliphatic hydroxyl groups excluding tert-OH is 1. The quantitative estimate of drug-likeness (QED) is 0.805. The van der Waals surface area contributed by atoms with Gasteiger partial charge in [0.25, 0.3) is 0 Å². The first kappa shape index (κ1) is 11.5. The molecule has 2 nitrogen and oxygen atoms in total. The van der Waals surface area contributed by atoms with E-state index in [1.807, 2.05) is 0 Å². The Morgan fingerprint density at radius 2 is 2.12 bits per heavy atom. The third-order valence-corrected chi connectivity index (χ3v) is 3.24. The molecule has 2 rings (SSSR count). The lowest BCUT2D eigenvalue weighted by Gasteiger charge is -2.21. The maximum absolute atomic E-state index is 13.6. The first-order chi connectivity index (χ1) is 7.59. The maximum Gasteiger partial charge on any atom is 0.129 e. The Labute approximate surface area is 93.3 Å². The van der Waals surface area contributed by atoms with Crippen molar-refractivity contribution in [3.05, 3.63) is 35.4 Å². The van der Waals surface area contributed by atoms with Gasteiger partial charge in [0.2, 0.25) is 0 Å². The third-order valence-electron chi connectivity index (χ3n) is 3.24. The minimum absolute atomic E-state index is 0.0139. The molecule has 0 unspecified atom stereocenters. The van der Waals surface area contributed by atoms with E-state index < -0.39 is 17.7 Å². The fourth-order valence-corrected chi connectivity index (χ4v) is 2.35. The van der Waals surface area contributed by atoms with Gasteiger partial charge in [0, 0.05) is 31.0 Å². The highest BCUT2D eigenvalue weighted by Gasteiger charge is 2.33. The van der Waals surface area contributed by atoms with Gasteiger partial charge in [-0.3, -0.25) is 0 Å². The molecule has 0 radical (unpaired) electrons. The summed E-state index contributed by atoms with van der Waals surface area (Å²) in [6.45, 7) is 2.99. The van der Waals surface area contributed by atoms with Crippen molar-refractivity contribution < 1.29 is 13.9 Å². The average molecular weight is 227 g/mol. The molecule has 1 heterocycles. The van der Waals surface area contributed by atoms with E-state index in [1.165, 1.54) is 12.1 Å². The average Bonchev–Trinajstić information content (AvgIpc) is 2.66. The zero-order valence-corrected chi connectivity index (χ0v) is 9.08. The van der Waals surface area contributed by atoms with Crippen molar-refractivity contribution in [2.75, 3.05) is 13.1 Å². The summed E-state index contributed by atoms with van der Waals surface area (Å²) in [5, 5.41) is 12.7. The van der Waals surface area contributed by atoms with Crippen molar-refractivity contribution in [1.82, 2.24) is 5.32 Å². The van der Waals surface area contributed by atoms with Crippen LogP contribution in [0.5, 0.6) is 0 Å². The first-order valence-electron chi connectivity index (χ1n) is 5.43. The van der Waals surface area contributed by atoms with Gasteiger partial charge in [-0.15, -0.1) is 0 Å². The Morgan fingerprint density at radius 3 is 2.75 bits per heavy atom. The predicted molar refractivity (Wildman–Crippen MR) is 57.1 cm³/mol. The van der Waals surface area contributed by atoms with Crippen molar-refractivity contribution in [2.24, 2.45) is 5.92 Å². The summed E-state index contributed by atoms with van der Waals surface area (Å²) in [4.78, 5) is 0. The molecule has 2 N–H and O–H groups in total. The van der Waals surface area contributed by atoms with Gasteiger partial charge < -0.3 is 10.4 Å². The lowest BCUT2D eigenvalue weighted by Crippen LogP contribution is -2.24. The third kappa shape index (κ3) is 2.08. The molecule has 16 heavy (non-hydrogen) atoms. The number of rotatable bonds is 2. The predicted octanol–water partition coefficient (Wildman–Crippen LogP) is 1.65. The zero-order valence-electron chi connectivity index (χ0n) is 9.08. The van der Waals surface area contributed by atoms with Crippen molar-refractivity contribution in [3.8, 4) is 0 Å². The minimum atomic E-state index is -0.569. The lowest BCUT2D eigenvalue weighted by atomic mass is 9.85. The normalized spacial score (nSPS) is 27.0. The molecule has 1 aliphatic heterocycles. The van der Waals surface area contributed by atoms with E-state index in [-0.39, 0.29) is 11.8 Å². The van der Waals surface area contributed by atoms with Crippen LogP contribution in [0, 0.1) is 17.6 Å². The van der Waals surface area contributed by atoms with E-state index in [1.54, 1.807) is 6.92 Å².